The van der Waals surface area contributed by atoms with Crippen LogP contribution in [0.5, 0.6) is 0 Å². The maximum Gasteiger partial charge on any atom is 0.211 e. The molecule has 1 N–H and O–H groups in total. The van der Waals surface area contributed by atoms with Crippen LogP contribution in [0.3, 0.4) is 0 Å². The molecule has 18 heavy (non-hydrogen) atoms. The fraction of sp³-hybridized carbons (Fsp3) is 1.00. The monoisotopic (exact) mass is 276 g/mol. The Balaban J connectivity index is 2.52. The molecule has 1 heterocycles. The van der Waals surface area contributed by atoms with E-state index >= 15 is 0 Å². The van der Waals surface area contributed by atoms with Gasteiger partial charge in [-0.3, -0.25) is 4.90 Å². The van der Waals surface area contributed by atoms with E-state index in [0.717, 1.165) is 13.1 Å². The molecule has 0 spiro atoms. The molecule has 1 aliphatic heterocycles. The fourth-order valence-corrected chi connectivity index (χ4v) is 3.70. The largest absolute Gasteiger partial charge is 0.299 e. The molecule has 1 saturated heterocycles. The predicted octanol–water partition coefficient (Wildman–Crippen LogP) is 1.83. The first-order chi connectivity index (χ1) is 8.46. The van der Waals surface area contributed by atoms with Crippen LogP contribution in [-0.2, 0) is 10.0 Å². The molecule has 0 aliphatic carbocycles. The van der Waals surface area contributed by atoms with Crippen molar-refractivity contribution < 1.29 is 8.42 Å². The first-order valence-electron chi connectivity index (χ1n) is 7.17. The van der Waals surface area contributed by atoms with Gasteiger partial charge in [-0.2, -0.15) is 0 Å². The Morgan fingerprint density at radius 1 is 1.17 bits per heavy atom. The van der Waals surface area contributed by atoms with Crippen molar-refractivity contribution in [1.82, 2.24) is 9.62 Å². The summed E-state index contributed by atoms with van der Waals surface area (Å²) in [5.41, 5.74) is 0. The van der Waals surface area contributed by atoms with Crippen LogP contribution in [0.1, 0.15) is 46.5 Å². The molecule has 1 rings (SSSR count). The van der Waals surface area contributed by atoms with Crippen molar-refractivity contribution in [2.45, 2.75) is 52.5 Å². The fourth-order valence-electron chi connectivity index (χ4n) is 2.59. The van der Waals surface area contributed by atoms with Gasteiger partial charge in [0.25, 0.3) is 0 Å². The number of nitrogens with zero attached hydrogens (tertiary/aromatic N) is 1. The number of nitrogens with one attached hydrogen (secondary N) is 1. The number of piperidine rings is 1. The van der Waals surface area contributed by atoms with Gasteiger partial charge in [0, 0.05) is 12.6 Å². The summed E-state index contributed by atoms with van der Waals surface area (Å²) < 4.78 is 26.2. The average molecular weight is 276 g/mol. The summed E-state index contributed by atoms with van der Waals surface area (Å²) in [5, 5.41) is 0. The van der Waals surface area contributed by atoms with E-state index in [2.05, 4.69) is 23.5 Å². The summed E-state index contributed by atoms with van der Waals surface area (Å²) in [4.78, 5) is 2.45. The van der Waals surface area contributed by atoms with Crippen LogP contribution in [0, 0.1) is 5.92 Å². The lowest BCUT2D eigenvalue weighted by atomic mass is 9.99. The summed E-state index contributed by atoms with van der Waals surface area (Å²) >= 11 is 0. The van der Waals surface area contributed by atoms with Gasteiger partial charge in [-0.05, 0) is 38.3 Å². The molecular weight excluding hydrogens is 248 g/mol. The summed E-state index contributed by atoms with van der Waals surface area (Å²) in [6, 6.07) is 0.330. The Bertz CT molecular complexity index is 322. The molecular formula is C13H28N2O2S. The maximum atomic E-state index is 11.7. The highest BCUT2D eigenvalue weighted by atomic mass is 32.2. The molecule has 0 amide bonds. The second-order valence-corrected chi connectivity index (χ2v) is 7.50. The minimum atomic E-state index is -3.08. The summed E-state index contributed by atoms with van der Waals surface area (Å²) in [7, 11) is -3.08. The van der Waals surface area contributed by atoms with E-state index in [1.807, 2.05) is 6.92 Å². The van der Waals surface area contributed by atoms with E-state index < -0.39 is 10.0 Å². The predicted molar refractivity (Wildman–Crippen MR) is 76.1 cm³/mol. The molecule has 1 atom stereocenters. The third-order valence-corrected chi connectivity index (χ3v) is 5.17. The van der Waals surface area contributed by atoms with E-state index in [-0.39, 0.29) is 5.75 Å². The van der Waals surface area contributed by atoms with Crippen LogP contribution >= 0.6 is 0 Å². The Hall–Kier alpha value is -0.130. The van der Waals surface area contributed by atoms with Crippen molar-refractivity contribution >= 4 is 10.0 Å². The maximum absolute atomic E-state index is 11.7. The van der Waals surface area contributed by atoms with Gasteiger partial charge in [-0.1, -0.05) is 27.2 Å². The van der Waals surface area contributed by atoms with Crippen molar-refractivity contribution in [2.75, 3.05) is 25.4 Å². The molecule has 0 bridgehead atoms. The number of sulfonamides is 1. The van der Waals surface area contributed by atoms with Crippen LogP contribution < -0.4 is 4.72 Å². The molecule has 0 aromatic rings. The van der Waals surface area contributed by atoms with Gasteiger partial charge in [0.05, 0.1) is 5.75 Å². The Morgan fingerprint density at radius 3 is 2.28 bits per heavy atom. The minimum absolute atomic E-state index is 0.234. The highest BCUT2D eigenvalue weighted by Gasteiger charge is 2.24. The lowest BCUT2D eigenvalue weighted by Gasteiger charge is -2.37. The second-order valence-electron chi connectivity index (χ2n) is 5.58. The van der Waals surface area contributed by atoms with Gasteiger partial charge >= 0.3 is 0 Å². The quantitative estimate of drug-likeness (QED) is 0.772. The smallest absolute Gasteiger partial charge is 0.211 e. The zero-order chi connectivity index (χ0) is 13.6. The highest BCUT2D eigenvalue weighted by molar-refractivity contribution is 7.89. The highest BCUT2D eigenvalue weighted by Crippen LogP contribution is 2.17. The molecule has 4 nitrogen and oxygen atoms in total. The minimum Gasteiger partial charge on any atom is -0.299 e. The van der Waals surface area contributed by atoms with Crippen molar-refractivity contribution in [3.63, 3.8) is 0 Å². The van der Waals surface area contributed by atoms with E-state index in [1.165, 1.54) is 19.3 Å². The first kappa shape index (κ1) is 15.9. The van der Waals surface area contributed by atoms with Gasteiger partial charge < -0.3 is 0 Å². The summed E-state index contributed by atoms with van der Waals surface area (Å²) in [5.74, 6) is 0.713. The van der Waals surface area contributed by atoms with Crippen LogP contribution in [0.25, 0.3) is 0 Å². The van der Waals surface area contributed by atoms with Gasteiger partial charge in [-0.15, -0.1) is 0 Å². The molecule has 1 unspecified atom stereocenters. The molecule has 0 aromatic heterocycles. The van der Waals surface area contributed by atoms with Gasteiger partial charge in [0.1, 0.15) is 0 Å². The Kier molecular flexibility index (Phi) is 6.60. The summed E-state index contributed by atoms with van der Waals surface area (Å²) in [6.45, 7) is 9.02. The van der Waals surface area contributed by atoms with Gasteiger partial charge in [0.15, 0.2) is 0 Å². The van der Waals surface area contributed by atoms with E-state index in [1.54, 1.807) is 0 Å². The molecule has 1 aliphatic rings. The zero-order valence-corrected chi connectivity index (χ0v) is 12.8. The van der Waals surface area contributed by atoms with Crippen LogP contribution in [0.4, 0.5) is 0 Å². The molecule has 108 valence electrons. The van der Waals surface area contributed by atoms with E-state index in [4.69, 9.17) is 0 Å². The standard InChI is InChI=1S/C13H28N2O2S/c1-4-10-18(16,17)14-11-13(12(2)3)15-8-6-5-7-9-15/h12-14H,4-11H2,1-3H3. The number of hydrogen-bond acceptors (Lipinski definition) is 3. The Labute approximate surface area is 112 Å². The Morgan fingerprint density at radius 2 is 1.78 bits per heavy atom. The van der Waals surface area contributed by atoms with E-state index in [9.17, 15) is 8.42 Å². The van der Waals surface area contributed by atoms with Crippen molar-refractivity contribution in [2.24, 2.45) is 5.92 Å². The number of hydrogen-bond donors (Lipinski definition) is 1. The lowest BCUT2D eigenvalue weighted by molar-refractivity contribution is 0.130. The topological polar surface area (TPSA) is 49.4 Å². The number of likely N-dealkylation sites (tertiary alicyclic amines) is 1. The van der Waals surface area contributed by atoms with Crippen molar-refractivity contribution in [1.29, 1.82) is 0 Å². The zero-order valence-electron chi connectivity index (χ0n) is 12.0. The SMILES string of the molecule is CCCS(=O)(=O)NCC(C(C)C)N1CCCCC1. The lowest BCUT2D eigenvalue weighted by Crippen LogP contribution is -2.49. The second kappa shape index (κ2) is 7.46. The molecule has 1 fully saturated rings. The van der Waals surface area contributed by atoms with Crippen LogP contribution in [-0.4, -0.2) is 44.7 Å². The normalized spacial score (nSPS) is 20.2. The average Bonchev–Trinajstić information content (AvgIpc) is 2.30. The van der Waals surface area contributed by atoms with Crippen molar-refractivity contribution in [3.05, 3.63) is 0 Å². The molecule has 0 saturated carbocycles. The number of rotatable bonds is 7. The molecule has 5 heteroatoms. The molecule has 0 aromatic carbocycles. The first-order valence-corrected chi connectivity index (χ1v) is 8.83. The van der Waals surface area contributed by atoms with Crippen molar-refractivity contribution in [3.8, 4) is 0 Å². The van der Waals surface area contributed by atoms with E-state index in [0.29, 0.717) is 24.9 Å². The molecule has 0 radical (unpaired) electrons. The van der Waals surface area contributed by atoms with Crippen LogP contribution in [0.15, 0.2) is 0 Å². The van der Waals surface area contributed by atoms with Gasteiger partial charge in [-0.25, -0.2) is 13.1 Å². The summed E-state index contributed by atoms with van der Waals surface area (Å²) in [6.07, 6.45) is 4.46. The van der Waals surface area contributed by atoms with Gasteiger partial charge in [0.2, 0.25) is 10.0 Å². The third kappa shape index (κ3) is 5.24. The van der Waals surface area contributed by atoms with Crippen LogP contribution in [0.2, 0.25) is 0 Å². The third-order valence-electron chi connectivity index (χ3n) is 3.61.